The minimum Gasteiger partial charge on any atom is -0.489 e. The lowest BCUT2D eigenvalue weighted by molar-refractivity contribution is 0.234. The number of rotatable bonds is 71. The molecule has 0 atom stereocenters. The Labute approximate surface area is 602 Å². The van der Waals surface area contributed by atoms with Gasteiger partial charge in [-0.3, -0.25) is 0 Å². The molecule has 0 aliphatic heterocycles. The molecule has 11 heteroatoms. The standard InChI is InChI=1S/C87H149N5O6/c1-7-13-19-25-31-37-43-49-58-66-93-79-72-77(73-80(94-67-59-50-44-38-32-26-20-14-8-2)83(79)97-70-62-53-47-41-35-29-23-17-11-5)88-86-90-85(76-64-56-55-57-65-76)91-87(92-86)89-78-74-81(95-68-60-51-45-39-33-27-21-15-9-3)84(98-71-63-54-48-42-36-30-24-18-12-6)82(75-78)96-69-61-52-46-40-34-28-22-16-10-4/h55-57,64-65,72-75H,7-54,58-63,66-71H2,1-6H3,(H2,88,89,90,91,92). The summed E-state index contributed by atoms with van der Waals surface area (Å²) in [6.07, 6.45) is 67.6. The van der Waals surface area contributed by atoms with Crippen molar-refractivity contribution in [2.75, 3.05) is 50.3 Å². The van der Waals surface area contributed by atoms with Gasteiger partial charge in [0.05, 0.1) is 39.6 Å². The van der Waals surface area contributed by atoms with E-state index in [1.807, 2.05) is 18.2 Å². The molecule has 0 fully saturated rings. The first-order chi connectivity index (χ1) is 48.5. The number of aromatic nitrogens is 3. The van der Waals surface area contributed by atoms with Crippen LogP contribution >= 0.6 is 0 Å². The van der Waals surface area contributed by atoms with Crippen molar-refractivity contribution >= 4 is 23.3 Å². The lowest BCUT2D eigenvalue weighted by Crippen LogP contribution is -2.09. The zero-order chi connectivity index (χ0) is 69.5. The average molecular weight is 1360 g/mol. The van der Waals surface area contributed by atoms with Gasteiger partial charge in [-0.25, -0.2) is 0 Å². The Balaban J connectivity index is 1.72. The number of benzene rings is 3. The smallest absolute Gasteiger partial charge is 0.232 e. The van der Waals surface area contributed by atoms with Gasteiger partial charge in [0.25, 0.3) is 0 Å². The number of hydrogen-bond acceptors (Lipinski definition) is 11. The Bertz CT molecular complexity index is 2210. The lowest BCUT2D eigenvalue weighted by atomic mass is 10.1. The van der Waals surface area contributed by atoms with Crippen LogP contribution in [0.5, 0.6) is 34.5 Å². The molecular weight excluding hydrogens is 1210 g/mol. The van der Waals surface area contributed by atoms with Crippen molar-refractivity contribution in [2.45, 2.75) is 388 Å². The fourth-order valence-corrected chi connectivity index (χ4v) is 13.0. The first-order valence-corrected chi connectivity index (χ1v) is 42.0. The maximum Gasteiger partial charge on any atom is 0.232 e. The number of nitrogens with zero attached hydrogens (tertiary/aromatic N) is 3. The van der Waals surface area contributed by atoms with Crippen LogP contribution in [0.4, 0.5) is 23.3 Å². The van der Waals surface area contributed by atoms with Crippen LogP contribution < -0.4 is 39.1 Å². The highest BCUT2D eigenvalue weighted by molar-refractivity contribution is 5.70. The van der Waals surface area contributed by atoms with E-state index < -0.39 is 0 Å². The van der Waals surface area contributed by atoms with Gasteiger partial charge in [0.1, 0.15) is 0 Å². The van der Waals surface area contributed by atoms with Gasteiger partial charge >= 0.3 is 0 Å². The van der Waals surface area contributed by atoms with Crippen LogP contribution in [-0.4, -0.2) is 54.6 Å². The molecule has 1 heterocycles. The number of unbranched alkanes of at least 4 members (excludes halogenated alkanes) is 48. The molecule has 11 nitrogen and oxygen atoms in total. The predicted octanol–water partition coefficient (Wildman–Crippen LogP) is 28.5. The quantitative estimate of drug-likeness (QED) is 0.0412. The molecular formula is C87H149N5O6. The van der Waals surface area contributed by atoms with Crippen LogP contribution in [0, 0.1) is 0 Å². The van der Waals surface area contributed by atoms with Gasteiger partial charge < -0.3 is 39.1 Å². The third-order valence-electron chi connectivity index (χ3n) is 19.2. The minimum absolute atomic E-state index is 0.393. The van der Waals surface area contributed by atoms with Gasteiger partial charge in [-0.15, -0.1) is 0 Å². The Morgan fingerprint density at radius 2 is 0.439 bits per heavy atom. The van der Waals surface area contributed by atoms with Crippen LogP contribution in [0.2, 0.25) is 0 Å². The van der Waals surface area contributed by atoms with Crippen molar-refractivity contribution in [3.8, 4) is 45.9 Å². The van der Waals surface area contributed by atoms with E-state index in [4.69, 9.17) is 43.4 Å². The first kappa shape index (κ1) is 85.5. The van der Waals surface area contributed by atoms with Crippen molar-refractivity contribution in [1.82, 2.24) is 15.0 Å². The van der Waals surface area contributed by atoms with Crippen LogP contribution in [0.15, 0.2) is 54.6 Å². The molecule has 98 heavy (non-hydrogen) atoms. The summed E-state index contributed by atoms with van der Waals surface area (Å²) in [4.78, 5) is 15.4. The van der Waals surface area contributed by atoms with Crippen LogP contribution in [0.25, 0.3) is 11.4 Å². The zero-order valence-corrected chi connectivity index (χ0v) is 64.4. The summed E-state index contributed by atoms with van der Waals surface area (Å²) in [6, 6.07) is 18.4. The van der Waals surface area contributed by atoms with Crippen molar-refractivity contribution in [3.63, 3.8) is 0 Å². The number of ether oxygens (including phenoxy) is 6. The molecule has 0 saturated heterocycles. The van der Waals surface area contributed by atoms with Gasteiger partial charge in [0, 0.05) is 41.2 Å². The van der Waals surface area contributed by atoms with Crippen molar-refractivity contribution in [2.24, 2.45) is 0 Å². The molecule has 0 spiro atoms. The van der Waals surface area contributed by atoms with E-state index in [-0.39, 0.29) is 0 Å². The molecule has 0 saturated carbocycles. The molecule has 0 aliphatic rings. The zero-order valence-electron chi connectivity index (χ0n) is 64.4. The average Bonchev–Trinajstić information content (AvgIpc) is 0.830. The molecule has 0 unspecified atom stereocenters. The molecule has 4 aromatic rings. The van der Waals surface area contributed by atoms with E-state index in [9.17, 15) is 0 Å². The van der Waals surface area contributed by atoms with Crippen molar-refractivity contribution in [1.29, 1.82) is 0 Å². The Kier molecular flexibility index (Phi) is 54.0. The van der Waals surface area contributed by atoms with Gasteiger partial charge in [-0.2, -0.15) is 15.0 Å². The summed E-state index contributed by atoms with van der Waals surface area (Å²) in [5.41, 5.74) is 2.40. The topological polar surface area (TPSA) is 118 Å². The van der Waals surface area contributed by atoms with E-state index in [0.717, 1.165) is 94.0 Å². The largest absolute Gasteiger partial charge is 0.489 e. The van der Waals surface area contributed by atoms with Gasteiger partial charge in [-0.05, 0) is 38.5 Å². The van der Waals surface area contributed by atoms with Crippen LogP contribution in [0.1, 0.15) is 388 Å². The van der Waals surface area contributed by atoms with Crippen molar-refractivity contribution < 1.29 is 28.4 Å². The van der Waals surface area contributed by atoms with Crippen molar-refractivity contribution in [3.05, 3.63) is 54.6 Å². The molecule has 0 bridgehead atoms. The van der Waals surface area contributed by atoms with Gasteiger partial charge in [0.15, 0.2) is 28.8 Å². The summed E-state index contributed by atoms with van der Waals surface area (Å²) in [5, 5.41) is 7.31. The van der Waals surface area contributed by atoms with E-state index in [0.29, 0.717) is 91.9 Å². The third kappa shape index (κ3) is 43.0. The number of anilines is 4. The first-order valence-electron chi connectivity index (χ1n) is 42.0. The third-order valence-corrected chi connectivity index (χ3v) is 19.2. The maximum atomic E-state index is 6.84. The highest BCUT2D eigenvalue weighted by atomic mass is 16.5. The normalized spacial score (nSPS) is 11.4. The van der Waals surface area contributed by atoms with E-state index in [1.54, 1.807) is 0 Å². The molecule has 2 N–H and O–H groups in total. The lowest BCUT2D eigenvalue weighted by Gasteiger charge is -2.20. The summed E-state index contributed by atoms with van der Waals surface area (Å²) in [7, 11) is 0. The monoisotopic (exact) mass is 1360 g/mol. The number of nitrogens with one attached hydrogen (secondary N) is 2. The Morgan fingerprint density at radius 1 is 0.235 bits per heavy atom. The minimum atomic E-state index is 0.393. The molecule has 0 amide bonds. The Hall–Kier alpha value is -4.93. The summed E-state index contributed by atoms with van der Waals surface area (Å²) in [6.45, 7) is 17.4. The molecule has 1 aromatic heterocycles. The highest BCUT2D eigenvalue weighted by Gasteiger charge is 2.21. The fourth-order valence-electron chi connectivity index (χ4n) is 13.0. The molecule has 0 radical (unpaired) electrons. The summed E-state index contributed by atoms with van der Waals surface area (Å²) in [5.74, 6) is 5.46. The SMILES string of the molecule is CCCCCCCCCCCOc1cc(Nc2nc(Nc3cc(OCCCCCCCCCCC)c(OCCCCCCCCCCC)c(OCCCCCCCCCCC)c3)nc(-c3ccccc3)n2)cc(OCCCCCCCCCCC)c1OCCCCCCCCCCC. The van der Waals surface area contributed by atoms with E-state index >= 15 is 0 Å². The molecule has 3 aromatic carbocycles. The fraction of sp³-hybridized carbons (Fsp3) is 0.759. The number of hydrogen-bond donors (Lipinski definition) is 2. The van der Waals surface area contributed by atoms with Gasteiger partial charge in [0.2, 0.25) is 23.4 Å². The molecule has 4 rings (SSSR count). The maximum absolute atomic E-state index is 6.84. The molecule has 0 aliphatic carbocycles. The second-order valence-electron chi connectivity index (χ2n) is 28.6. The van der Waals surface area contributed by atoms with Crippen LogP contribution in [-0.2, 0) is 0 Å². The Morgan fingerprint density at radius 3 is 0.663 bits per heavy atom. The van der Waals surface area contributed by atoms with Crippen LogP contribution in [0.3, 0.4) is 0 Å². The van der Waals surface area contributed by atoms with Gasteiger partial charge in [-0.1, -0.05) is 380 Å². The second kappa shape index (κ2) is 61.9. The summed E-state index contributed by atoms with van der Waals surface area (Å²) < 4.78 is 41.0. The second-order valence-corrected chi connectivity index (χ2v) is 28.6. The highest BCUT2D eigenvalue weighted by Crippen LogP contribution is 2.44. The van der Waals surface area contributed by atoms with E-state index in [1.165, 1.54) is 270 Å². The summed E-state index contributed by atoms with van der Waals surface area (Å²) >= 11 is 0. The predicted molar refractivity (Wildman–Crippen MR) is 421 cm³/mol. The molecule has 558 valence electrons. The van der Waals surface area contributed by atoms with E-state index in [2.05, 4.69) is 88.6 Å².